The first-order chi connectivity index (χ1) is 16.2. The summed E-state index contributed by atoms with van der Waals surface area (Å²) >= 11 is 0. The number of hydrogen-bond donors (Lipinski definition) is 0. The fourth-order valence-corrected chi connectivity index (χ4v) is 4.86. The van der Waals surface area contributed by atoms with E-state index in [0.717, 1.165) is 60.2 Å². The van der Waals surface area contributed by atoms with Crippen LogP contribution in [-0.2, 0) is 25.9 Å². The zero-order chi connectivity index (χ0) is 22.8. The monoisotopic (exact) mass is 441 g/mol. The lowest BCUT2D eigenvalue weighted by molar-refractivity contribution is 0.174. The predicted octanol–water partition coefficient (Wildman–Crippen LogP) is 4.44. The highest BCUT2D eigenvalue weighted by Crippen LogP contribution is 2.40. The summed E-state index contributed by atoms with van der Waals surface area (Å²) < 4.78 is 22.8. The highest BCUT2D eigenvalue weighted by Gasteiger charge is 2.25. The third-order valence-electron chi connectivity index (χ3n) is 6.55. The first kappa shape index (κ1) is 21.7. The van der Waals surface area contributed by atoms with Crippen LogP contribution in [0, 0.1) is 0 Å². The molecule has 0 amide bonds. The van der Waals surface area contributed by atoms with Gasteiger partial charge in [-0.25, -0.2) is 0 Å². The maximum absolute atomic E-state index is 6.78. The Hall–Kier alpha value is -3.12. The summed E-state index contributed by atoms with van der Waals surface area (Å²) in [7, 11) is 10.2. The van der Waals surface area contributed by atoms with Crippen molar-refractivity contribution in [2.24, 2.45) is 0 Å². The van der Waals surface area contributed by atoms with Gasteiger partial charge in [0.1, 0.15) is 0 Å². The lowest BCUT2D eigenvalue weighted by atomic mass is 9.73. The number of rotatable bonds is 4. The molecule has 0 spiro atoms. The normalized spacial score (nSPS) is 17.7. The Kier molecular flexibility index (Phi) is 6.18. The van der Waals surface area contributed by atoms with Gasteiger partial charge in [0.25, 0.3) is 0 Å². The molecule has 168 valence electrons. The summed E-state index contributed by atoms with van der Waals surface area (Å²) in [6.45, 7) is 2.71. The van der Waals surface area contributed by atoms with Crippen molar-refractivity contribution in [2.75, 3.05) is 27.6 Å². The Labute approximate surface area is 196 Å². The van der Waals surface area contributed by atoms with E-state index in [9.17, 15) is 0 Å². The van der Waals surface area contributed by atoms with E-state index in [2.05, 4.69) is 53.4 Å². The van der Waals surface area contributed by atoms with Gasteiger partial charge in [-0.3, -0.25) is 4.90 Å². The van der Waals surface area contributed by atoms with Crippen LogP contribution in [0.25, 0.3) is 0 Å². The van der Waals surface area contributed by atoms with Crippen LogP contribution in [0.15, 0.2) is 54.6 Å². The molecule has 3 aromatic rings. The first-order valence-corrected chi connectivity index (χ1v) is 11.3. The second kappa shape index (κ2) is 9.40. The van der Waals surface area contributed by atoms with Crippen LogP contribution in [0.1, 0.15) is 33.6 Å². The van der Waals surface area contributed by atoms with E-state index in [1.807, 2.05) is 6.07 Å². The summed E-state index contributed by atoms with van der Waals surface area (Å²) in [5.74, 6) is 2.94. The highest BCUT2D eigenvalue weighted by molar-refractivity contribution is 6.12. The molecule has 0 aliphatic carbocycles. The van der Waals surface area contributed by atoms with Crippen molar-refractivity contribution in [3.63, 3.8) is 0 Å². The molecule has 2 aliphatic heterocycles. The van der Waals surface area contributed by atoms with Gasteiger partial charge >= 0.3 is 0 Å². The average Bonchev–Trinajstić information content (AvgIpc) is 3.30. The molecule has 0 saturated heterocycles. The Bertz CT molecular complexity index is 1130. The van der Waals surface area contributed by atoms with E-state index >= 15 is 0 Å². The molecule has 0 fully saturated rings. The minimum atomic E-state index is -0.160. The molecule has 5 rings (SSSR count). The number of nitrogens with zero attached hydrogens (tertiary/aromatic N) is 1. The molecular formula is C27H28BNO4. The summed E-state index contributed by atoms with van der Waals surface area (Å²) in [4.78, 5) is 2.46. The van der Waals surface area contributed by atoms with E-state index in [4.69, 9.17) is 26.8 Å². The van der Waals surface area contributed by atoms with Gasteiger partial charge in [-0.15, -0.1) is 0 Å². The van der Waals surface area contributed by atoms with Crippen molar-refractivity contribution < 1.29 is 18.9 Å². The molecule has 0 bridgehead atoms. The zero-order valence-electron chi connectivity index (χ0n) is 19.2. The highest BCUT2D eigenvalue weighted by atomic mass is 16.7. The van der Waals surface area contributed by atoms with Gasteiger partial charge in [0.15, 0.2) is 23.0 Å². The number of benzene rings is 3. The van der Waals surface area contributed by atoms with E-state index < -0.39 is 0 Å². The fraction of sp³-hybridized carbons (Fsp3) is 0.333. The van der Waals surface area contributed by atoms with Gasteiger partial charge < -0.3 is 18.9 Å². The lowest BCUT2D eigenvalue weighted by Crippen LogP contribution is -2.28. The summed E-state index contributed by atoms with van der Waals surface area (Å²) in [6, 6.07) is 18.8. The Morgan fingerprint density at radius 1 is 0.970 bits per heavy atom. The number of methoxy groups -OCH3 is 2. The second-order valence-electron chi connectivity index (χ2n) is 8.60. The van der Waals surface area contributed by atoms with Crippen LogP contribution >= 0.6 is 0 Å². The zero-order valence-corrected chi connectivity index (χ0v) is 19.2. The van der Waals surface area contributed by atoms with Gasteiger partial charge in [0.2, 0.25) is 6.79 Å². The summed E-state index contributed by atoms with van der Waals surface area (Å²) in [6.07, 6.45) is 1.57. The van der Waals surface area contributed by atoms with Crippen molar-refractivity contribution in [2.45, 2.75) is 31.7 Å². The Morgan fingerprint density at radius 2 is 1.76 bits per heavy atom. The molecule has 0 aromatic heterocycles. The van der Waals surface area contributed by atoms with E-state index in [0.29, 0.717) is 6.42 Å². The van der Waals surface area contributed by atoms with Crippen LogP contribution in [-0.4, -0.2) is 40.3 Å². The molecule has 2 radical (unpaired) electrons. The van der Waals surface area contributed by atoms with Crippen LogP contribution in [0.4, 0.5) is 0 Å². The minimum absolute atomic E-state index is 0.160. The van der Waals surface area contributed by atoms with Gasteiger partial charge in [0.05, 0.1) is 22.1 Å². The molecule has 3 aromatic carbocycles. The van der Waals surface area contributed by atoms with Crippen LogP contribution < -0.4 is 18.9 Å². The molecular weight excluding hydrogens is 413 g/mol. The van der Waals surface area contributed by atoms with E-state index in [1.54, 1.807) is 14.2 Å². The van der Waals surface area contributed by atoms with Crippen LogP contribution in [0.5, 0.6) is 23.0 Å². The van der Waals surface area contributed by atoms with Crippen LogP contribution in [0.2, 0.25) is 0 Å². The maximum Gasteiger partial charge on any atom is 0.231 e. The SMILES string of the molecule is [B]C1Cc2ccc(OC)c(OC)c2CN(Cc2ccccc2)CCc2cc3c(cc21)OCO3. The van der Waals surface area contributed by atoms with Gasteiger partial charge in [-0.05, 0) is 59.1 Å². The number of hydrogen-bond acceptors (Lipinski definition) is 5. The molecule has 1 atom stereocenters. The lowest BCUT2D eigenvalue weighted by Gasteiger charge is -2.29. The number of fused-ring (bicyclic) bond motifs is 3. The van der Waals surface area contributed by atoms with Gasteiger partial charge in [-0.2, -0.15) is 0 Å². The van der Waals surface area contributed by atoms with Crippen molar-refractivity contribution in [3.05, 3.63) is 82.4 Å². The fourth-order valence-electron chi connectivity index (χ4n) is 4.86. The molecule has 5 nitrogen and oxygen atoms in total. The second-order valence-corrected chi connectivity index (χ2v) is 8.60. The molecule has 1 unspecified atom stereocenters. The third kappa shape index (κ3) is 4.40. The van der Waals surface area contributed by atoms with Crippen molar-refractivity contribution in [1.82, 2.24) is 4.90 Å². The van der Waals surface area contributed by atoms with Crippen LogP contribution in [0.3, 0.4) is 0 Å². The van der Waals surface area contributed by atoms with E-state index in [1.165, 1.54) is 16.7 Å². The first-order valence-electron chi connectivity index (χ1n) is 11.3. The minimum Gasteiger partial charge on any atom is -0.493 e. The largest absolute Gasteiger partial charge is 0.493 e. The van der Waals surface area contributed by atoms with Gasteiger partial charge in [-0.1, -0.05) is 36.4 Å². The Morgan fingerprint density at radius 3 is 2.52 bits per heavy atom. The quantitative estimate of drug-likeness (QED) is 0.560. The topological polar surface area (TPSA) is 40.2 Å². The third-order valence-corrected chi connectivity index (χ3v) is 6.55. The molecule has 0 saturated carbocycles. The van der Waals surface area contributed by atoms with Gasteiger partial charge in [0, 0.05) is 25.2 Å². The van der Waals surface area contributed by atoms with Crippen molar-refractivity contribution in [1.29, 1.82) is 0 Å². The molecule has 2 heterocycles. The summed E-state index contributed by atoms with van der Waals surface area (Å²) in [5.41, 5.74) is 5.91. The number of ether oxygens (including phenoxy) is 4. The van der Waals surface area contributed by atoms with E-state index in [-0.39, 0.29) is 12.6 Å². The average molecular weight is 441 g/mol. The summed E-state index contributed by atoms with van der Waals surface area (Å²) in [5, 5.41) is 0. The molecule has 33 heavy (non-hydrogen) atoms. The maximum atomic E-state index is 6.78. The molecule has 2 aliphatic rings. The predicted molar refractivity (Wildman–Crippen MR) is 129 cm³/mol. The van der Waals surface area contributed by atoms with Crippen molar-refractivity contribution >= 4 is 7.85 Å². The molecule has 0 N–H and O–H groups in total. The van der Waals surface area contributed by atoms with Crippen molar-refractivity contribution in [3.8, 4) is 23.0 Å². The smallest absolute Gasteiger partial charge is 0.231 e. The molecule has 6 heteroatoms. The standard InChI is InChI=1S/C27H28BNO4/c1-30-24-9-8-19-12-23(28)21-14-26-25(32-17-33-26)13-20(21)10-11-29(16-22(19)27(24)31-2)15-18-6-4-3-5-7-18/h3-9,13-14,23H,10-12,15-17H2,1-2H3. The Balaban J connectivity index is 1.59.